The standard InChI is InChI=1S/C16H20F3N5O/c1-4-20-13-21-14(24(5-2)6-3)23-15(22-13)25-12-9-7-8-11(10-12)16(17,18)19/h7-10H,4-6H2,1-3H3,(H,20,21,22,23). The molecule has 0 spiro atoms. The van der Waals surface area contributed by atoms with Gasteiger partial charge in [0.15, 0.2) is 0 Å². The summed E-state index contributed by atoms with van der Waals surface area (Å²) in [6, 6.07) is 4.52. The van der Waals surface area contributed by atoms with Crippen LogP contribution in [0.5, 0.6) is 11.8 Å². The van der Waals surface area contributed by atoms with Gasteiger partial charge in [-0.05, 0) is 39.0 Å². The van der Waals surface area contributed by atoms with E-state index in [1.54, 1.807) is 0 Å². The van der Waals surface area contributed by atoms with E-state index in [9.17, 15) is 13.2 Å². The van der Waals surface area contributed by atoms with Crippen LogP contribution in [0.3, 0.4) is 0 Å². The summed E-state index contributed by atoms with van der Waals surface area (Å²) < 4.78 is 43.9. The van der Waals surface area contributed by atoms with Crippen molar-refractivity contribution in [2.45, 2.75) is 26.9 Å². The fraction of sp³-hybridized carbons (Fsp3) is 0.438. The molecule has 2 rings (SSSR count). The van der Waals surface area contributed by atoms with Crippen LogP contribution in [0.2, 0.25) is 0 Å². The first-order chi connectivity index (χ1) is 11.9. The predicted molar refractivity (Wildman–Crippen MR) is 89.1 cm³/mol. The van der Waals surface area contributed by atoms with E-state index in [-0.39, 0.29) is 11.8 Å². The number of rotatable bonds is 7. The van der Waals surface area contributed by atoms with Gasteiger partial charge in [-0.3, -0.25) is 0 Å². The summed E-state index contributed by atoms with van der Waals surface area (Å²) in [7, 11) is 0. The second-order valence-electron chi connectivity index (χ2n) is 5.07. The Hall–Kier alpha value is -2.58. The van der Waals surface area contributed by atoms with E-state index in [2.05, 4.69) is 20.3 Å². The third kappa shape index (κ3) is 4.94. The lowest BCUT2D eigenvalue weighted by atomic mass is 10.2. The summed E-state index contributed by atoms with van der Waals surface area (Å²) in [4.78, 5) is 14.5. The highest BCUT2D eigenvalue weighted by Crippen LogP contribution is 2.32. The van der Waals surface area contributed by atoms with Crippen LogP contribution in [0.25, 0.3) is 0 Å². The van der Waals surface area contributed by atoms with Gasteiger partial charge in [-0.15, -0.1) is 0 Å². The number of hydrogen-bond acceptors (Lipinski definition) is 6. The molecule has 136 valence electrons. The third-order valence-corrected chi connectivity index (χ3v) is 3.35. The van der Waals surface area contributed by atoms with Crippen molar-refractivity contribution in [3.63, 3.8) is 0 Å². The van der Waals surface area contributed by atoms with E-state index >= 15 is 0 Å². The maximum atomic E-state index is 12.8. The predicted octanol–water partition coefficient (Wildman–Crippen LogP) is 3.96. The highest BCUT2D eigenvalue weighted by Gasteiger charge is 2.30. The number of anilines is 2. The molecule has 0 aliphatic rings. The summed E-state index contributed by atoms with van der Waals surface area (Å²) in [6.45, 7) is 7.73. The molecule has 0 unspecified atom stereocenters. The molecule has 6 nitrogen and oxygen atoms in total. The van der Waals surface area contributed by atoms with E-state index in [0.29, 0.717) is 31.5 Å². The quantitative estimate of drug-likeness (QED) is 0.811. The topological polar surface area (TPSA) is 63.2 Å². The number of nitrogens with zero attached hydrogens (tertiary/aromatic N) is 4. The van der Waals surface area contributed by atoms with Gasteiger partial charge in [0.2, 0.25) is 11.9 Å². The highest BCUT2D eigenvalue weighted by molar-refractivity contribution is 5.39. The van der Waals surface area contributed by atoms with Crippen molar-refractivity contribution in [1.82, 2.24) is 15.0 Å². The van der Waals surface area contributed by atoms with Crippen molar-refractivity contribution in [2.24, 2.45) is 0 Å². The zero-order chi connectivity index (χ0) is 18.4. The molecule has 25 heavy (non-hydrogen) atoms. The highest BCUT2D eigenvalue weighted by atomic mass is 19.4. The first kappa shape index (κ1) is 18.8. The second-order valence-corrected chi connectivity index (χ2v) is 5.07. The van der Waals surface area contributed by atoms with Gasteiger partial charge in [-0.1, -0.05) is 6.07 Å². The lowest BCUT2D eigenvalue weighted by Gasteiger charge is -2.19. The minimum atomic E-state index is -4.44. The number of benzene rings is 1. The van der Waals surface area contributed by atoms with Crippen molar-refractivity contribution in [1.29, 1.82) is 0 Å². The normalized spacial score (nSPS) is 11.3. The monoisotopic (exact) mass is 355 g/mol. The van der Waals surface area contributed by atoms with E-state index in [0.717, 1.165) is 12.1 Å². The molecule has 0 bridgehead atoms. The van der Waals surface area contributed by atoms with Crippen LogP contribution in [-0.4, -0.2) is 34.6 Å². The van der Waals surface area contributed by atoms with Crippen molar-refractivity contribution in [2.75, 3.05) is 29.9 Å². The Morgan fingerprint density at radius 2 is 1.80 bits per heavy atom. The molecule has 0 amide bonds. The van der Waals surface area contributed by atoms with Crippen molar-refractivity contribution in [3.8, 4) is 11.8 Å². The van der Waals surface area contributed by atoms with Crippen molar-refractivity contribution in [3.05, 3.63) is 29.8 Å². The first-order valence-electron chi connectivity index (χ1n) is 7.97. The summed E-state index contributed by atoms with van der Waals surface area (Å²) in [6.07, 6.45) is -4.44. The molecular formula is C16H20F3N5O. The average molecular weight is 355 g/mol. The Balaban J connectivity index is 2.35. The summed E-state index contributed by atoms with van der Waals surface area (Å²) >= 11 is 0. The third-order valence-electron chi connectivity index (χ3n) is 3.35. The van der Waals surface area contributed by atoms with Gasteiger partial charge in [0.05, 0.1) is 5.56 Å². The molecule has 0 saturated heterocycles. The Labute approximate surface area is 144 Å². The van der Waals surface area contributed by atoms with E-state index in [1.807, 2.05) is 25.7 Å². The van der Waals surface area contributed by atoms with Crippen LogP contribution < -0.4 is 15.0 Å². The van der Waals surface area contributed by atoms with Crippen LogP contribution in [-0.2, 0) is 6.18 Å². The molecule has 1 aromatic carbocycles. The Morgan fingerprint density at radius 1 is 1.08 bits per heavy atom. The molecule has 0 radical (unpaired) electrons. The Morgan fingerprint density at radius 3 is 2.40 bits per heavy atom. The number of nitrogens with one attached hydrogen (secondary N) is 1. The van der Waals surface area contributed by atoms with Gasteiger partial charge >= 0.3 is 12.2 Å². The summed E-state index contributed by atoms with van der Waals surface area (Å²) in [5.41, 5.74) is -0.796. The molecule has 1 N–H and O–H groups in total. The zero-order valence-corrected chi connectivity index (χ0v) is 14.3. The van der Waals surface area contributed by atoms with Gasteiger partial charge < -0.3 is 15.0 Å². The van der Waals surface area contributed by atoms with Gasteiger partial charge in [-0.2, -0.15) is 28.1 Å². The molecule has 0 saturated carbocycles. The number of hydrogen-bond donors (Lipinski definition) is 1. The van der Waals surface area contributed by atoms with Crippen LogP contribution in [0, 0.1) is 0 Å². The lowest BCUT2D eigenvalue weighted by molar-refractivity contribution is -0.137. The molecule has 2 aromatic rings. The SMILES string of the molecule is CCNc1nc(Oc2cccc(C(F)(F)F)c2)nc(N(CC)CC)n1. The van der Waals surface area contributed by atoms with E-state index in [1.165, 1.54) is 12.1 Å². The number of ether oxygens (including phenoxy) is 1. The summed E-state index contributed by atoms with van der Waals surface area (Å²) in [5, 5.41) is 2.96. The molecule has 1 aromatic heterocycles. The van der Waals surface area contributed by atoms with Gasteiger partial charge in [0.25, 0.3) is 0 Å². The fourth-order valence-corrected chi connectivity index (χ4v) is 2.12. The van der Waals surface area contributed by atoms with Crippen LogP contribution in [0.15, 0.2) is 24.3 Å². The maximum absolute atomic E-state index is 12.8. The average Bonchev–Trinajstić information content (AvgIpc) is 2.56. The van der Waals surface area contributed by atoms with Gasteiger partial charge in [0, 0.05) is 19.6 Å². The Bertz CT molecular complexity index is 704. The summed E-state index contributed by atoms with van der Waals surface area (Å²) in [5.74, 6) is 0.716. The van der Waals surface area contributed by atoms with Gasteiger partial charge in [0.1, 0.15) is 5.75 Å². The molecule has 1 heterocycles. The lowest BCUT2D eigenvalue weighted by Crippen LogP contribution is -2.25. The van der Waals surface area contributed by atoms with Crippen LogP contribution in [0.1, 0.15) is 26.3 Å². The van der Waals surface area contributed by atoms with E-state index in [4.69, 9.17) is 4.74 Å². The Kier molecular flexibility index (Phi) is 6.00. The van der Waals surface area contributed by atoms with Crippen molar-refractivity contribution < 1.29 is 17.9 Å². The first-order valence-corrected chi connectivity index (χ1v) is 7.97. The number of aromatic nitrogens is 3. The minimum Gasteiger partial charge on any atom is -0.424 e. The molecule has 9 heteroatoms. The number of alkyl halides is 3. The maximum Gasteiger partial charge on any atom is 0.416 e. The smallest absolute Gasteiger partial charge is 0.416 e. The molecule has 0 atom stereocenters. The molecular weight excluding hydrogens is 335 g/mol. The van der Waals surface area contributed by atoms with Gasteiger partial charge in [-0.25, -0.2) is 0 Å². The van der Waals surface area contributed by atoms with E-state index < -0.39 is 11.7 Å². The van der Waals surface area contributed by atoms with Crippen molar-refractivity contribution >= 4 is 11.9 Å². The molecule has 0 aliphatic carbocycles. The minimum absolute atomic E-state index is 0.00831. The second kappa shape index (κ2) is 8.00. The van der Waals surface area contributed by atoms with Crippen LogP contribution in [0.4, 0.5) is 25.1 Å². The fourth-order valence-electron chi connectivity index (χ4n) is 2.12. The zero-order valence-electron chi connectivity index (χ0n) is 14.3. The van der Waals surface area contributed by atoms with Crippen LogP contribution >= 0.6 is 0 Å². The largest absolute Gasteiger partial charge is 0.424 e. The molecule has 0 fully saturated rings. The molecule has 0 aliphatic heterocycles. The number of halogens is 3.